The van der Waals surface area contributed by atoms with Crippen molar-refractivity contribution in [1.82, 2.24) is 0 Å². The molecule has 0 aromatic carbocycles. The molecule has 0 rings (SSSR count). The van der Waals surface area contributed by atoms with Crippen LogP contribution in [0, 0.1) is 0 Å². The largest absolute Gasteiger partial charge is 2.00 e. The second-order valence-electron chi connectivity index (χ2n) is 3.89. The van der Waals surface area contributed by atoms with Crippen LogP contribution < -0.4 is 10.2 Å². The third kappa shape index (κ3) is 13.2. The number of aliphatic carboxylic acids is 5. The molecule has 23 heavy (non-hydrogen) atoms. The average molecular weight is 388 g/mol. The van der Waals surface area contributed by atoms with Gasteiger partial charge >= 0.3 is 35.0 Å². The van der Waals surface area contributed by atoms with Gasteiger partial charge in [0, 0.05) is 12.4 Å². The van der Waals surface area contributed by atoms with Crippen LogP contribution in [0.25, 0.3) is 0 Å². The summed E-state index contributed by atoms with van der Waals surface area (Å²) in [5.74, 6) is -8.44. The van der Waals surface area contributed by atoms with Crippen LogP contribution in [0.2, 0.25) is 0 Å². The fourth-order valence-electron chi connectivity index (χ4n) is 0.955. The maximum absolute atomic E-state index is 10.3. The van der Waals surface area contributed by atoms with Crippen LogP contribution in [0.4, 0.5) is 0 Å². The van der Waals surface area contributed by atoms with Crippen LogP contribution in [0.1, 0.15) is 19.3 Å². The number of aliphatic hydroxyl groups excluding tert-OH is 1. The first-order chi connectivity index (χ1) is 9.81. The Bertz CT molecular complexity index is 443. The fraction of sp³-hybridized carbons (Fsp3) is 0.500. The molecule has 13 heteroatoms. The molecule has 0 saturated carbocycles. The van der Waals surface area contributed by atoms with Crippen LogP contribution in [0.3, 0.4) is 0 Å². The van der Waals surface area contributed by atoms with E-state index in [-0.39, 0.29) is 17.1 Å². The molecule has 0 aliphatic heterocycles. The zero-order valence-electron chi connectivity index (χ0n) is 11.1. The Labute approximate surface area is 138 Å². The van der Waals surface area contributed by atoms with E-state index in [1.54, 1.807) is 0 Å². The molecule has 0 aliphatic rings. The molecule has 0 spiro atoms. The molecule has 0 heterocycles. The number of carbonyl (C=O) groups is 5. The summed E-state index contributed by atoms with van der Waals surface area (Å²) < 4.78 is 0. The maximum Gasteiger partial charge on any atom is 2.00 e. The van der Waals surface area contributed by atoms with Gasteiger partial charge in [0.15, 0.2) is 5.60 Å². The Hall–Kier alpha value is -2.21. The number of carboxylic acids is 5. The Morgan fingerprint density at radius 2 is 1.26 bits per heavy atom. The van der Waals surface area contributed by atoms with E-state index in [1.807, 2.05) is 0 Å². The first-order valence-corrected chi connectivity index (χ1v) is 5.30. The molecule has 0 aliphatic carbocycles. The van der Waals surface area contributed by atoms with Crippen molar-refractivity contribution in [2.24, 2.45) is 0 Å². The van der Waals surface area contributed by atoms with Crippen LogP contribution >= 0.6 is 0 Å². The zero-order valence-corrected chi connectivity index (χ0v) is 12.0. The molecule has 1 unspecified atom stereocenters. The second kappa shape index (κ2) is 11.4. The molecule has 135 valence electrons. The predicted octanol–water partition coefficient (Wildman–Crippen LogP) is -5.01. The quantitative estimate of drug-likeness (QED) is 0.246. The minimum Gasteiger partial charge on any atom is -0.550 e. The van der Waals surface area contributed by atoms with E-state index in [4.69, 9.17) is 25.5 Å². The van der Waals surface area contributed by atoms with Crippen LogP contribution in [0.5, 0.6) is 0 Å². The van der Waals surface area contributed by atoms with Gasteiger partial charge in [0.25, 0.3) is 0 Å². The molecule has 0 aromatic heterocycles. The molecule has 0 amide bonds. The summed E-state index contributed by atoms with van der Waals surface area (Å²) >= 11 is 0. The topological polar surface area (TPSA) is 233 Å². The van der Waals surface area contributed by atoms with Gasteiger partial charge in [-0.3, -0.25) is 9.59 Å². The van der Waals surface area contributed by atoms with E-state index in [0.29, 0.717) is 0 Å². The van der Waals surface area contributed by atoms with E-state index in [0.717, 1.165) is 0 Å². The molecule has 1 radical (unpaired) electrons. The summed E-state index contributed by atoms with van der Waals surface area (Å²) in [6.45, 7) is 0. The predicted molar refractivity (Wildman–Crippen MR) is 57.7 cm³/mol. The molecule has 12 nitrogen and oxygen atoms in total. The van der Waals surface area contributed by atoms with Gasteiger partial charge in [0.2, 0.25) is 0 Å². The van der Waals surface area contributed by atoms with Crippen molar-refractivity contribution in [3.05, 3.63) is 0 Å². The summed E-state index contributed by atoms with van der Waals surface area (Å²) in [6.07, 6.45) is -5.18. The molecule has 0 aromatic rings. The number of hydrogen-bond donors (Lipinski definition) is 5. The smallest absolute Gasteiger partial charge is 0.550 e. The van der Waals surface area contributed by atoms with Gasteiger partial charge in [-0.1, -0.05) is 0 Å². The van der Waals surface area contributed by atoms with Gasteiger partial charge in [0.1, 0.15) is 0 Å². The van der Waals surface area contributed by atoms with Crippen LogP contribution in [-0.4, -0.2) is 67.1 Å². The molecular weight excluding hydrogens is 376 g/mol. The number of carbonyl (C=O) groups excluding carboxylic acids is 2. The second-order valence-corrected chi connectivity index (χ2v) is 3.89. The van der Waals surface area contributed by atoms with E-state index in [9.17, 15) is 34.2 Å². The van der Waals surface area contributed by atoms with Crippen molar-refractivity contribution in [3.8, 4) is 0 Å². The Morgan fingerprint density at radius 3 is 1.39 bits per heavy atom. The minimum atomic E-state index is -2.74. The molecule has 0 saturated heterocycles. The van der Waals surface area contributed by atoms with Crippen molar-refractivity contribution in [3.63, 3.8) is 0 Å². The SMILES string of the molecule is O=C(O)CC(O)(CC(=O)O)C(=O)O.O=C([O-])CC(O)C(=O)[O-].[Cu+2]. The summed E-state index contributed by atoms with van der Waals surface area (Å²) in [4.78, 5) is 49.6. The van der Waals surface area contributed by atoms with Gasteiger partial charge in [0.05, 0.1) is 24.9 Å². The van der Waals surface area contributed by atoms with Gasteiger partial charge in [-0.05, 0) is 0 Å². The van der Waals surface area contributed by atoms with E-state index in [1.165, 1.54) is 0 Å². The van der Waals surface area contributed by atoms with E-state index < -0.39 is 60.8 Å². The monoisotopic (exact) mass is 387 g/mol. The number of carboxylic acid groups (broad SMARTS) is 5. The van der Waals surface area contributed by atoms with Gasteiger partial charge in [-0.2, -0.15) is 0 Å². The standard InChI is InChI=1S/C6H8O7.C4H6O5.Cu/c7-3(8)1-6(13,5(11)12)2-4(9)10;5-2(4(8)9)1-3(6)7;/h13H,1-2H2,(H,7,8)(H,9,10)(H,11,12);2,5H,1H2,(H,6,7)(H,8,9);/q;;+2/p-2. The zero-order chi connectivity index (χ0) is 18.1. The molecule has 0 fully saturated rings. The van der Waals surface area contributed by atoms with Crippen molar-refractivity contribution >= 4 is 29.8 Å². The molecule has 5 N–H and O–H groups in total. The van der Waals surface area contributed by atoms with E-state index in [2.05, 4.69) is 0 Å². The average Bonchev–Trinajstić information content (AvgIpc) is 2.25. The van der Waals surface area contributed by atoms with Crippen LogP contribution in [-0.2, 0) is 41.0 Å². The molecule has 0 bridgehead atoms. The third-order valence-electron chi connectivity index (χ3n) is 1.92. The first-order valence-electron chi connectivity index (χ1n) is 5.30. The summed E-state index contributed by atoms with van der Waals surface area (Å²) in [5, 5.41) is 61.2. The van der Waals surface area contributed by atoms with Crippen molar-refractivity contribution in [1.29, 1.82) is 0 Å². The number of hydrogen-bond acceptors (Lipinski definition) is 9. The van der Waals surface area contributed by atoms with Crippen molar-refractivity contribution in [2.45, 2.75) is 31.0 Å². The first kappa shape index (κ1) is 25.7. The minimum absolute atomic E-state index is 0. The van der Waals surface area contributed by atoms with Gasteiger partial charge < -0.3 is 45.3 Å². The van der Waals surface area contributed by atoms with Crippen LogP contribution in [0.15, 0.2) is 0 Å². The third-order valence-corrected chi connectivity index (χ3v) is 1.92. The van der Waals surface area contributed by atoms with E-state index >= 15 is 0 Å². The normalized spacial score (nSPS) is 11.0. The maximum atomic E-state index is 10.3. The Balaban J connectivity index is -0.000000354. The number of rotatable bonds is 8. The molecular formula is C10H12CuO12. The van der Waals surface area contributed by atoms with Crippen molar-refractivity contribution in [2.75, 3.05) is 0 Å². The Kier molecular flexibility index (Phi) is 12.7. The fourth-order valence-corrected chi connectivity index (χ4v) is 0.955. The Morgan fingerprint density at radius 1 is 0.913 bits per heavy atom. The van der Waals surface area contributed by atoms with Gasteiger partial charge in [-0.25, -0.2) is 4.79 Å². The van der Waals surface area contributed by atoms with Gasteiger partial charge in [-0.15, -0.1) is 0 Å². The molecule has 1 atom stereocenters. The summed E-state index contributed by atoms with van der Waals surface area (Å²) in [7, 11) is 0. The number of aliphatic hydroxyl groups is 2. The summed E-state index contributed by atoms with van der Waals surface area (Å²) in [5.41, 5.74) is -2.74. The van der Waals surface area contributed by atoms with Crippen molar-refractivity contribution < 1.29 is 76.8 Å². The summed E-state index contributed by atoms with van der Waals surface area (Å²) in [6, 6.07) is 0.